The molecule has 0 amide bonds. The number of hydrogen-bond donors (Lipinski definition) is 0. The van der Waals surface area contributed by atoms with Gasteiger partial charge in [0.05, 0.1) is 13.5 Å². The number of rotatable bonds is 3. The van der Waals surface area contributed by atoms with Crippen LogP contribution in [0.2, 0.25) is 0 Å². The maximum absolute atomic E-state index is 10.6. The Morgan fingerprint density at radius 3 is 2.17 bits per heavy atom. The van der Waals surface area contributed by atoms with E-state index in [0.717, 1.165) is 0 Å². The molecule has 1 atom stereocenters. The summed E-state index contributed by atoms with van der Waals surface area (Å²) in [6, 6.07) is 0.0347. The minimum absolute atomic E-state index is 0. The van der Waals surface area contributed by atoms with Crippen LogP contribution in [0.25, 0.3) is 0 Å². The number of nitrogens with zero attached hydrogens (tertiary/aromatic N) is 1. The molecule has 0 aromatic carbocycles. The summed E-state index contributed by atoms with van der Waals surface area (Å²) in [4.78, 5) is 12.1. The fourth-order valence-corrected chi connectivity index (χ4v) is 0.454. The maximum atomic E-state index is 10.6. The molecule has 0 bridgehead atoms. The van der Waals surface area contributed by atoms with Crippen molar-refractivity contribution in [1.82, 2.24) is 4.90 Å². The van der Waals surface area contributed by atoms with Gasteiger partial charge in [0, 0.05) is 42.1 Å². The van der Waals surface area contributed by atoms with Crippen LogP contribution in [0.1, 0.15) is 13.3 Å². The van der Waals surface area contributed by atoms with E-state index in [2.05, 4.69) is 18.8 Å². The van der Waals surface area contributed by atoms with E-state index in [0.29, 0.717) is 6.42 Å². The van der Waals surface area contributed by atoms with Crippen molar-refractivity contribution in [3.05, 3.63) is 14.1 Å². The Labute approximate surface area is 103 Å². The number of carbonyl (C=O) groups is 1. The van der Waals surface area contributed by atoms with Gasteiger partial charge in [0.2, 0.25) is 0 Å². The first-order valence-electron chi connectivity index (χ1n) is 3.05. The van der Waals surface area contributed by atoms with Gasteiger partial charge in [0.25, 0.3) is 0 Å². The van der Waals surface area contributed by atoms with E-state index in [9.17, 15) is 4.79 Å². The second kappa shape index (κ2) is 9.89. The molecule has 0 saturated heterocycles. The summed E-state index contributed by atoms with van der Waals surface area (Å²) in [5.41, 5.74) is 0. The normalized spacial score (nSPS) is 11.1. The van der Waals surface area contributed by atoms with Gasteiger partial charge in [-0.2, -0.15) is 0 Å². The van der Waals surface area contributed by atoms with Crippen molar-refractivity contribution in [3.8, 4) is 0 Å². The molecule has 0 aliphatic rings. The summed E-state index contributed by atoms with van der Waals surface area (Å²) in [5.74, 6) is -0.232. The zero-order valence-electron chi connectivity index (χ0n) is 7.28. The predicted molar refractivity (Wildman–Crippen MR) is 38.6 cm³/mol. The topological polar surface area (TPSA) is 29.5 Å². The van der Waals surface area contributed by atoms with E-state index in [-0.39, 0.29) is 54.1 Å². The largest absolute Gasteiger partial charge is 0.608 e. The second-order valence-electron chi connectivity index (χ2n) is 2.22. The number of ether oxygens (including phenoxy) is 1. The van der Waals surface area contributed by atoms with Gasteiger partial charge in [-0.25, -0.2) is 0 Å². The van der Waals surface area contributed by atoms with Crippen molar-refractivity contribution in [1.29, 1.82) is 0 Å². The summed E-state index contributed by atoms with van der Waals surface area (Å²) in [6.07, 6.45) is 0.337. The number of esters is 1. The average Bonchev–Trinajstić information content (AvgIpc) is 1.87. The van der Waals surface area contributed by atoms with Gasteiger partial charge in [0.1, 0.15) is 0 Å². The smallest absolute Gasteiger partial charge is 0.306 e. The molecular formula is C7H13NO2W2-2. The molecule has 0 N–H and O–H groups in total. The van der Waals surface area contributed by atoms with Crippen molar-refractivity contribution in [2.75, 3.05) is 7.11 Å². The van der Waals surface area contributed by atoms with Crippen LogP contribution in [0.5, 0.6) is 0 Å². The van der Waals surface area contributed by atoms with E-state index in [1.165, 1.54) is 12.0 Å². The summed E-state index contributed by atoms with van der Waals surface area (Å²) in [5, 5.41) is 0. The van der Waals surface area contributed by atoms with Gasteiger partial charge >= 0.3 is 5.97 Å². The minimum Gasteiger partial charge on any atom is -0.608 e. The van der Waals surface area contributed by atoms with E-state index < -0.39 is 0 Å². The third kappa shape index (κ3) is 8.90. The Hall–Kier alpha value is 0.807. The fourth-order valence-electron chi connectivity index (χ4n) is 0.454. The summed E-state index contributed by atoms with van der Waals surface area (Å²) < 4.78 is 4.45. The maximum Gasteiger partial charge on any atom is 0.306 e. The first-order chi connectivity index (χ1) is 4.57. The number of methoxy groups -OCH3 is 1. The molecule has 12 heavy (non-hydrogen) atoms. The van der Waals surface area contributed by atoms with Gasteiger partial charge < -0.3 is 23.7 Å². The molecule has 0 fully saturated rings. The van der Waals surface area contributed by atoms with Gasteiger partial charge in [-0.3, -0.25) is 4.79 Å². The van der Waals surface area contributed by atoms with E-state index >= 15 is 0 Å². The van der Waals surface area contributed by atoms with Crippen LogP contribution in [0.15, 0.2) is 0 Å². The SMILES string of the molecule is [CH2-]N([CH2-])C(C)CC(=O)OC.[W].[W]. The molecule has 0 saturated carbocycles. The molecule has 0 spiro atoms. The molecule has 0 aromatic heterocycles. The Balaban J connectivity index is -0.000000405. The fraction of sp³-hybridized carbons (Fsp3) is 0.571. The molecule has 1 unspecified atom stereocenters. The molecule has 0 radical (unpaired) electrons. The van der Waals surface area contributed by atoms with Crippen molar-refractivity contribution in [2.45, 2.75) is 19.4 Å². The van der Waals surface area contributed by atoms with Crippen molar-refractivity contribution >= 4 is 5.97 Å². The van der Waals surface area contributed by atoms with Gasteiger partial charge in [-0.05, 0) is 6.04 Å². The van der Waals surface area contributed by atoms with Gasteiger partial charge in [-0.15, -0.1) is 0 Å². The van der Waals surface area contributed by atoms with Crippen LogP contribution in [0.3, 0.4) is 0 Å². The molecule has 3 nitrogen and oxygen atoms in total. The van der Waals surface area contributed by atoms with E-state index in [4.69, 9.17) is 0 Å². The van der Waals surface area contributed by atoms with Crippen molar-refractivity contribution in [2.24, 2.45) is 0 Å². The minimum atomic E-state index is -0.232. The zero-order chi connectivity index (χ0) is 8.15. The summed E-state index contributed by atoms with van der Waals surface area (Å²) in [7, 11) is 8.45. The first kappa shape index (κ1) is 18.6. The number of carbonyl (C=O) groups excluding carboxylic acids is 1. The van der Waals surface area contributed by atoms with Crippen molar-refractivity contribution in [3.63, 3.8) is 0 Å². The standard InChI is InChI=1S/C7H13NO2.2W/c1-6(8(2)3)5-7(9)10-4;;/h6H,2-3,5H2,1,4H3;;/q-2;;. The summed E-state index contributed by atoms with van der Waals surface area (Å²) in [6.45, 7) is 1.86. The van der Waals surface area contributed by atoms with Crippen LogP contribution in [0, 0.1) is 14.1 Å². The van der Waals surface area contributed by atoms with Gasteiger partial charge in [-0.1, -0.05) is 6.92 Å². The molecule has 5 heteroatoms. The quantitative estimate of drug-likeness (QED) is 0.416. The van der Waals surface area contributed by atoms with Crippen LogP contribution in [-0.4, -0.2) is 24.0 Å². The van der Waals surface area contributed by atoms with Crippen LogP contribution in [-0.2, 0) is 51.7 Å². The Kier molecular flexibility index (Phi) is 15.3. The van der Waals surface area contributed by atoms with Crippen LogP contribution < -0.4 is 0 Å². The predicted octanol–water partition coefficient (Wildman–Crippen LogP) is 0.818. The molecule has 0 aliphatic carbocycles. The molecule has 0 heterocycles. The van der Waals surface area contributed by atoms with E-state index in [1.807, 2.05) is 6.92 Å². The second-order valence-corrected chi connectivity index (χ2v) is 2.22. The molecule has 0 rings (SSSR count). The Bertz CT molecular complexity index is 120. The molecular weight excluding hydrogens is 498 g/mol. The van der Waals surface area contributed by atoms with Crippen LogP contribution >= 0.6 is 0 Å². The third-order valence-electron chi connectivity index (χ3n) is 1.31. The molecule has 72 valence electrons. The molecule has 0 aliphatic heterocycles. The number of hydrogen-bond acceptors (Lipinski definition) is 3. The third-order valence-corrected chi connectivity index (χ3v) is 1.31. The average molecular weight is 511 g/mol. The first-order valence-corrected chi connectivity index (χ1v) is 3.05. The Morgan fingerprint density at radius 1 is 1.50 bits per heavy atom. The van der Waals surface area contributed by atoms with Crippen molar-refractivity contribution < 1.29 is 51.7 Å². The molecule has 0 aromatic rings. The van der Waals surface area contributed by atoms with Gasteiger partial charge in [0.15, 0.2) is 0 Å². The van der Waals surface area contributed by atoms with Crippen LogP contribution in [0.4, 0.5) is 0 Å². The van der Waals surface area contributed by atoms with E-state index in [1.54, 1.807) is 0 Å². The monoisotopic (exact) mass is 511 g/mol. The summed E-state index contributed by atoms with van der Waals surface area (Å²) >= 11 is 0. The zero-order valence-corrected chi connectivity index (χ0v) is 13.1. The Morgan fingerprint density at radius 2 is 1.92 bits per heavy atom.